The molecule has 0 radical (unpaired) electrons. The summed E-state index contributed by atoms with van der Waals surface area (Å²) in [5, 5.41) is 3.13. The topological polar surface area (TPSA) is 47.6 Å². The molecule has 1 heterocycles. The molecular formula is C12H14BrNO3. The molecule has 0 spiro atoms. The molecule has 1 aromatic carbocycles. The van der Waals surface area contributed by atoms with Crippen LogP contribution in [0.15, 0.2) is 12.1 Å². The second-order valence-corrected chi connectivity index (χ2v) is 4.66. The molecule has 0 saturated heterocycles. The van der Waals surface area contributed by atoms with Gasteiger partial charge in [-0.05, 0) is 18.1 Å². The molecular weight excluding hydrogens is 286 g/mol. The van der Waals surface area contributed by atoms with Crippen LogP contribution in [0.5, 0.6) is 11.5 Å². The van der Waals surface area contributed by atoms with Crippen molar-refractivity contribution in [2.45, 2.75) is 19.8 Å². The van der Waals surface area contributed by atoms with Gasteiger partial charge in [-0.2, -0.15) is 0 Å². The SMILES string of the molecule is CC(C)c1c(NC(=O)CBr)ccc2c1OCO2. The van der Waals surface area contributed by atoms with Gasteiger partial charge in [0, 0.05) is 11.3 Å². The van der Waals surface area contributed by atoms with Crippen molar-refractivity contribution in [2.75, 3.05) is 17.4 Å². The minimum Gasteiger partial charge on any atom is -0.454 e. The van der Waals surface area contributed by atoms with Gasteiger partial charge in [0.1, 0.15) is 0 Å². The highest BCUT2D eigenvalue weighted by Gasteiger charge is 2.23. The lowest BCUT2D eigenvalue weighted by molar-refractivity contribution is -0.113. The maximum absolute atomic E-state index is 11.4. The minimum atomic E-state index is -0.0780. The number of carbonyl (C=O) groups excluding carboxylic acids is 1. The second-order valence-electron chi connectivity index (χ2n) is 4.10. The molecule has 0 fully saturated rings. The molecule has 4 nitrogen and oxygen atoms in total. The molecule has 0 saturated carbocycles. The first kappa shape index (κ1) is 12.2. The van der Waals surface area contributed by atoms with Crippen molar-refractivity contribution in [3.05, 3.63) is 17.7 Å². The van der Waals surface area contributed by atoms with Crippen LogP contribution in [0.2, 0.25) is 0 Å². The van der Waals surface area contributed by atoms with Gasteiger partial charge in [0.2, 0.25) is 12.7 Å². The molecule has 0 unspecified atom stereocenters. The Morgan fingerprint density at radius 1 is 1.47 bits per heavy atom. The number of fused-ring (bicyclic) bond motifs is 1. The Labute approximate surface area is 108 Å². The van der Waals surface area contributed by atoms with E-state index in [0.717, 1.165) is 22.7 Å². The van der Waals surface area contributed by atoms with Gasteiger partial charge < -0.3 is 14.8 Å². The van der Waals surface area contributed by atoms with Crippen LogP contribution in [-0.2, 0) is 4.79 Å². The molecule has 0 aromatic heterocycles. The quantitative estimate of drug-likeness (QED) is 0.873. The van der Waals surface area contributed by atoms with Crippen LogP contribution < -0.4 is 14.8 Å². The Balaban J connectivity index is 2.42. The monoisotopic (exact) mass is 299 g/mol. The van der Waals surface area contributed by atoms with Gasteiger partial charge in [-0.1, -0.05) is 29.8 Å². The average molecular weight is 300 g/mol. The highest BCUT2D eigenvalue weighted by Crippen LogP contribution is 2.43. The zero-order chi connectivity index (χ0) is 12.4. The number of benzene rings is 1. The number of hydrogen-bond acceptors (Lipinski definition) is 3. The molecule has 0 bridgehead atoms. The van der Waals surface area contributed by atoms with E-state index >= 15 is 0 Å². The van der Waals surface area contributed by atoms with Crippen LogP contribution in [-0.4, -0.2) is 18.0 Å². The van der Waals surface area contributed by atoms with Crippen LogP contribution in [0.25, 0.3) is 0 Å². The number of nitrogens with one attached hydrogen (secondary N) is 1. The molecule has 92 valence electrons. The van der Waals surface area contributed by atoms with Crippen LogP contribution in [0.1, 0.15) is 25.3 Å². The molecule has 17 heavy (non-hydrogen) atoms. The van der Waals surface area contributed by atoms with E-state index in [1.807, 2.05) is 12.1 Å². The normalized spacial score (nSPS) is 12.9. The summed E-state index contributed by atoms with van der Waals surface area (Å²) in [6.07, 6.45) is 0. The average Bonchev–Trinajstić information content (AvgIpc) is 2.75. The lowest BCUT2D eigenvalue weighted by Gasteiger charge is -2.15. The van der Waals surface area contributed by atoms with Crippen LogP contribution in [0.4, 0.5) is 5.69 Å². The molecule has 1 amide bonds. The van der Waals surface area contributed by atoms with E-state index in [4.69, 9.17) is 9.47 Å². The predicted octanol–water partition coefficient (Wildman–Crippen LogP) is 2.87. The largest absolute Gasteiger partial charge is 0.454 e. The van der Waals surface area contributed by atoms with Gasteiger partial charge >= 0.3 is 0 Å². The Bertz CT molecular complexity index is 446. The Morgan fingerprint density at radius 2 is 2.24 bits per heavy atom. The van der Waals surface area contributed by atoms with Crippen molar-refractivity contribution >= 4 is 27.5 Å². The third-order valence-electron chi connectivity index (χ3n) is 2.55. The van der Waals surface area contributed by atoms with E-state index in [2.05, 4.69) is 35.1 Å². The summed E-state index contributed by atoms with van der Waals surface area (Å²) in [5.74, 6) is 1.65. The summed E-state index contributed by atoms with van der Waals surface area (Å²) < 4.78 is 10.8. The molecule has 2 rings (SSSR count). The molecule has 0 aliphatic carbocycles. The summed E-state index contributed by atoms with van der Waals surface area (Å²) >= 11 is 3.13. The van der Waals surface area contributed by atoms with E-state index in [1.54, 1.807) is 0 Å². The number of hydrogen-bond donors (Lipinski definition) is 1. The van der Waals surface area contributed by atoms with Crippen LogP contribution >= 0.6 is 15.9 Å². The van der Waals surface area contributed by atoms with Crippen molar-refractivity contribution in [2.24, 2.45) is 0 Å². The number of rotatable bonds is 3. The van der Waals surface area contributed by atoms with Crippen molar-refractivity contribution in [3.8, 4) is 11.5 Å². The lowest BCUT2D eigenvalue weighted by atomic mass is 9.99. The van der Waals surface area contributed by atoms with E-state index in [-0.39, 0.29) is 23.9 Å². The van der Waals surface area contributed by atoms with Crippen LogP contribution in [0, 0.1) is 0 Å². The first-order valence-electron chi connectivity index (χ1n) is 5.41. The molecule has 0 atom stereocenters. The number of amides is 1. The molecule has 5 heteroatoms. The Kier molecular flexibility index (Phi) is 3.57. The third kappa shape index (κ3) is 2.39. The minimum absolute atomic E-state index is 0.0780. The van der Waals surface area contributed by atoms with Gasteiger partial charge in [0.15, 0.2) is 11.5 Å². The molecule has 1 aliphatic rings. The maximum Gasteiger partial charge on any atom is 0.235 e. The number of carbonyl (C=O) groups is 1. The van der Waals surface area contributed by atoms with Gasteiger partial charge in [-0.25, -0.2) is 0 Å². The number of ether oxygens (including phenoxy) is 2. The number of alkyl halides is 1. The van der Waals surface area contributed by atoms with E-state index in [9.17, 15) is 4.79 Å². The highest BCUT2D eigenvalue weighted by molar-refractivity contribution is 9.09. The summed E-state index contributed by atoms with van der Waals surface area (Å²) in [5.41, 5.74) is 1.77. The Hall–Kier alpha value is -1.23. The fraction of sp³-hybridized carbons (Fsp3) is 0.417. The van der Waals surface area contributed by atoms with Crippen molar-refractivity contribution in [1.82, 2.24) is 0 Å². The number of anilines is 1. The summed E-state index contributed by atoms with van der Waals surface area (Å²) in [6.45, 7) is 4.35. The number of halogens is 1. The lowest BCUT2D eigenvalue weighted by Crippen LogP contribution is -2.14. The zero-order valence-corrected chi connectivity index (χ0v) is 11.3. The molecule has 1 aliphatic heterocycles. The van der Waals surface area contributed by atoms with E-state index in [1.165, 1.54) is 0 Å². The smallest absolute Gasteiger partial charge is 0.235 e. The maximum atomic E-state index is 11.4. The Morgan fingerprint density at radius 3 is 2.88 bits per heavy atom. The van der Waals surface area contributed by atoms with Gasteiger partial charge in [0.05, 0.1) is 5.33 Å². The highest BCUT2D eigenvalue weighted by atomic mass is 79.9. The fourth-order valence-electron chi connectivity index (χ4n) is 1.86. The summed E-state index contributed by atoms with van der Waals surface area (Å²) in [6, 6.07) is 3.67. The van der Waals surface area contributed by atoms with E-state index in [0.29, 0.717) is 0 Å². The van der Waals surface area contributed by atoms with Gasteiger partial charge in [0.25, 0.3) is 0 Å². The van der Waals surface area contributed by atoms with Crippen molar-refractivity contribution in [1.29, 1.82) is 0 Å². The van der Waals surface area contributed by atoms with Crippen molar-refractivity contribution in [3.63, 3.8) is 0 Å². The van der Waals surface area contributed by atoms with Crippen LogP contribution in [0.3, 0.4) is 0 Å². The standard InChI is InChI=1S/C12H14BrNO3/c1-7(2)11-8(14-10(15)5-13)3-4-9-12(11)17-6-16-9/h3-4,7H,5-6H2,1-2H3,(H,14,15). The zero-order valence-electron chi connectivity index (χ0n) is 9.75. The fourth-order valence-corrected chi connectivity index (χ4v) is 2.00. The van der Waals surface area contributed by atoms with E-state index < -0.39 is 0 Å². The molecule has 1 aromatic rings. The van der Waals surface area contributed by atoms with Crippen molar-refractivity contribution < 1.29 is 14.3 Å². The first-order chi connectivity index (χ1) is 8.13. The van der Waals surface area contributed by atoms with Gasteiger partial charge in [-0.3, -0.25) is 4.79 Å². The third-order valence-corrected chi connectivity index (χ3v) is 3.06. The summed E-state index contributed by atoms with van der Waals surface area (Å²) in [7, 11) is 0. The summed E-state index contributed by atoms with van der Waals surface area (Å²) in [4.78, 5) is 11.4. The predicted molar refractivity (Wildman–Crippen MR) is 69.1 cm³/mol. The van der Waals surface area contributed by atoms with Gasteiger partial charge in [-0.15, -0.1) is 0 Å². The first-order valence-corrected chi connectivity index (χ1v) is 6.54. The second kappa shape index (κ2) is 4.96. The molecule has 1 N–H and O–H groups in total.